The maximum atomic E-state index is 13.3. The van der Waals surface area contributed by atoms with Crippen molar-refractivity contribution in [2.45, 2.75) is 23.0 Å². The second kappa shape index (κ2) is 3.55. The van der Waals surface area contributed by atoms with E-state index in [2.05, 4.69) is 0 Å². The van der Waals surface area contributed by atoms with E-state index in [4.69, 9.17) is 5.11 Å². The van der Waals surface area contributed by atoms with Gasteiger partial charge in [-0.3, -0.25) is 4.79 Å². The summed E-state index contributed by atoms with van der Waals surface area (Å²) in [6, 6.07) is 3.81. The fourth-order valence-electron chi connectivity index (χ4n) is 1.90. The van der Waals surface area contributed by atoms with E-state index < -0.39 is 33.3 Å². The number of carbonyl (C=O) groups is 1. The SMILES string of the molecule is O=C(O)CC1Cc2c(F)cccc2S1(=O)=O. The minimum Gasteiger partial charge on any atom is -0.481 e. The first-order chi connectivity index (χ1) is 7.43. The zero-order chi connectivity index (χ0) is 11.9. The highest BCUT2D eigenvalue weighted by molar-refractivity contribution is 7.92. The molecule has 1 aliphatic rings. The minimum atomic E-state index is -3.68. The number of hydrogen-bond donors (Lipinski definition) is 1. The lowest BCUT2D eigenvalue weighted by Crippen LogP contribution is -2.20. The summed E-state index contributed by atoms with van der Waals surface area (Å²) < 4.78 is 37.0. The van der Waals surface area contributed by atoms with Gasteiger partial charge in [0.15, 0.2) is 9.84 Å². The van der Waals surface area contributed by atoms with E-state index in [0.29, 0.717) is 0 Å². The predicted molar refractivity (Wildman–Crippen MR) is 53.3 cm³/mol. The summed E-state index contributed by atoms with van der Waals surface area (Å²) >= 11 is 0. The van der Waals surface area contributed by atoms with Crippen LogP contribution >= 0.6 is 0 Å². The summed E-state index contributed by atoms with van der Waals surface area (Å²) in [7, 11) is -3.68. The van der Waals surface area contributed by atoms with Gasteiger partial charge in [0.25, 0.3) is 0 Å². The van der Waals surface area contributed by atoms with Crippen LogP contribution < -0.4 is 0 Å². The van der Waals surface area contributed by atoms with Crippen molar-refractivity contribution in [2.75, 3.05) is 0 Å². The lowest BCUT2D eigenvalue weighted by Gasteiger charge is -2.04. The van der Waals surface area contributed by atoms with Crippen LogP contribution in [0.25, 0.3) is 0 Å². The largest absolute Gasteiger partial charge is 0.481 e. The van der Waals surface area contributed by atoms with Crippen LogP contribution in [0.2, 0.25) is 0 Å². The molecule has 0 spiro atoms. The number of rotatable bonds is 2. The van der Waals surface area contributed by atoms with E-state index in [1.165, 1.54) is 18.2 Å². The topological polar surface area (TPSA) is 71.4 Å². The summed E-state index contributed by atoms with van der Waals surface area (Å²) in [4.78, 5) is 10.5. The van der Waals surface area contributed by atoms with E-state index in [9.17, 15) is 17.6 Å². The number of fused-ring (bicyclic) bond motifs is 1. The van der Waals surface area contributed by atoms with Crippen LogP contribution in [-0.4, -0.2) is 24.7 Å². The molecule has 6 heteroatoms. The average Bonchev–Trinajstić information content (AvgIpc) is 2.41. The molecule has 1 heterocycles. The highest BCUT2D eigenvalue weighted by atomic mass is 32.2. The normalized spacial score (nSPS) is 21.7. The third-order valence-electron chi connectivity index (χ3n) is 2.66. The van der Waals surface area contributed by atoms with E-state index in [0.717, 1.165) is 0 Å². The van der Waals surface area contributed by atoms with E-state index in [-0.39, 0.29) is 16.9 Å². The number of benzene rings is 1. The summed E-state index contributed by atoms with van der Waals surface area (Å²) in [5.41, 5.74) is 0.105. The van der Waals surface area contributed by atoms with Gasteiger partial charge in [0.05, 0.1) is 16.6 Å². The molecule has 0 saturated carbocycles. The van der Waals surface area contributed by atoms with E-state index >= 15 is 0 Å². The molecule has 0 saturated heterocycles. The lowest BCUT2D eigenvalue weighted by molar-refractivity contribution is -0.137. The summed E-state index contributed by atoms with van der Waals surface area (Å²) in [6.07, 6.45) is -0.549. The van der Waals surface area contributed by atoms with Crippen molar-refractivity contribution < 1.29 is 22.7 Å². The Morgan fingerprint density at radius 1 is 1.50 bits per heavy atom. The number of carboxylic acid groups (broad SMARTS) is 1. The van der Waals surface area contributed by atoms with Gasteiger partial charge in [0.2, 0.25) is 0 Å². The Balaban J connectivity index is 2.50. The van der Waals surface area contributed by atoms with Crippen molar-refractivity contribution in [3.63, 3.8) is 0 Å². The van der Waals surface area contributed by atoms with E-state index in [1.807, 2.05) is 0 Å². The molecule has 1 aromatic rings. The van der Waals surface area contributed by atoms with Crippen molar-refractivity contribution in [1.29, 1.82) is 0 Å². The van der Waals surface area contributed by atoms with Crippen LogP contribution in [0.5, 0.6) is 0 Å². The molecule has 0 aliphatic carbocycles. The zero-order valence-electron chi connectivity index (χ0n) is 8.18. The Kier molecular flexibility index (Phi) is 2.46. The lowest BCUT2D eigenvalue weighted by atomic mass is 10.1. The van der Waals surface area contributed by atoms with Crippen molar-refractivity contribution in [2.24, 2.45) is 0 Å². The van der Waals surface area contributed by atoms with Crippen molar-refractivity contribution in [3.05, 3.63) is 29.6 Å². The fourth-order valence-corrected chi connectivity index (χ4v) is 3.80. The van der Waals surface area contributed by atoms with Crippen LogP contribution in [0, 0.1) is 5.82 Å². The smallest absolute Gasteiger partial charge is 0.304 e. The van der Waals surface area contributed by atoms with Crippen LogP contribution in [0.15, 0.2) is 23.1 Å². The van der Waals surface area contributed by atoms with Crippen LogP contribution in [0.3, 0.4) is 0 Å². The molecule has 1 aromatic carbocycles. The van der Waals surface area contributed by atoms with Gasteiger partial charge in [-0.2, -0.15) is 0 Å². The molecule has 2 rings (SSSR count). The first-order valence-electron chi connectivity index (χ1n) is 4.66. The fraction of sp³-hybridized carbons (Fsp3) is 0.300. The number of sulfone groups is 1. The Hall–Kier alpha value is -1.43. The third kappa shape index (κ3) is 1.59. The first-order valence-corrected chi connectivity index (χ1v) is 6.20. The van der Waals surface area contributed by atoms with Crippen molar-refractivity contribution in [3.8, 4) is 0 Å². The van der Waals surface area contributed by atoms with Crippen LogP contribution in [0.1, 0.15) is 12.0 Å². The molecule has 0 bridgehead atoms. The Morgan fingerprint density at radius 3 is 2.75 bits per heavy atom. The monoisotopic (exact) mass is 244 g/mol. The van der Waals surface area contributed by atoms with Gasteiger partial charge in [-0.15, -0.1) is 0 Å². The van der Waals surface area contributed by atoms with E-state index in [1.54, 1.807) is 0 Å². The molecule has 1 atom stereocenters. The van der Waals surface area contributed by atoms with Gasteiger partial charge >= 0.3 is 5.97 Å². The molecule has 4 nitrogen and oxygen atoms in total. The predicted octanol–water partition coefficient (Wildman–Crippen LogP) is 0.999. The Labute approximate surface area is 91.6 Å². The second-order valence-electron chi connectivity index (χ2n) is 3.69. The molecule has 0 aromatic heterocycles. The molecule has 0 radical (unpaired) electrons. The van der Waals surface area contributed by atoms with Crippen molar-refractivity contribution >= 4 is 15.8 Å². The molecule has 1 aliphatic heterocycles. The zero-order valence-corrected chi connectivity index (χ0v) is 9.00. The molecular formula is C10H9FO4S. The summed E-state index contributed by atoms with van der Waals surface area (Å²) in [5.74, 6) is -1.78. The van der Waals surface area contributed by atoms with Gasteiger partial charge in [-0.25, -0.2) is 12.8 Å². The molecule has 1 unspecified atom stereocenters. The highest BCUT2D eigenvalue weighted by Crippen LogP contribution is 2.34. The number of halogens is 1. The highest BCUT2D eigenvalue weighted by Gasteiger charge is 2.39. The van der Waals surface area contributed by atoms with Gasteiger partial charge in [0, 0.05) is 5.56 Å². The molecule has 1 N–H and O–H groups in total. The number of aliphatic carboxylic acids is 1. The second-order valence-corrected chi connectivity index (χ2v) is 5.88. The average molecular weight is 244 g/mol. The Morgan fingerprint density at radius 2 is 2.19 bits per heavy atom. The molecule has 0 amide bonds. The maximum absolute atomic E-state index is 13.3. The molecule has 16 heavy (non-hydrogen) atoms. The van der Waals surface area contributed by atoms with Crippen LogP contribution in [0.4, 0.5) is 4.39 Å². The number of hydrogen-bond acceptors (Lipinski definition) is 3. The minimum absolute atomic E-state index is 0.0589. The Bertz CT molecular complexity index is 550. The summed E-state index contributed by atoms with van der Waals surface area (Å²) in [5, 5.41) is 7.55. The number of carboxylic acids is 1. The van der Waals surface area contributed by atoms with Gasteiger partial charge in [-0.1, -0.05) is 6.07 Å². The standard InChI is InChI=1S/C10H9FO4S/c11-8-2-1-3-9-7(8)4-6(5-10(12)13)16(9,14)15/h1-3,6H,4-5H2,(H,12,13). The maximum Gasteiger partial charge on any atom is 0.304 e. The summed E-state index contributed by atoms with van der Waals surface area (Å²) in [6.45, 7) is 0. The molecule has 86 valence electrons. The van der Waals surface area contributed by atoms with Crippen LogP contribution in [-0.2, 0) is 21.1 Å². The first kappa shape index (κ1) is 11.1. The molecular weight excluding hydrogens is 235 g/mol. The van der Waals surface area contributed by atoms with Crippen molar-refractivity contribution in [1.82, 2.24) is 0 Å². The van der Waals surface area contributed by atoms with Gasteiger partial charge in [0.1, 0.15) is 5.82 Å². The van der Waals surface area contributed by atoms with Gasteiger partial charge in [-0.05, 0) is 18.6 Å². The third-order valence-corrected chi connectivity index (χ3v) is 4.86. The quantitative estimate of drug-likeness (QED) is 0.842. The molecule has 0 fully saturated rings. The van der Waals surface area contributed by atoms with Gasteiger partial charge < -0.3 is 5.11 Å².